The summed E-state index contributed by atoms with van der Waals surface area (Å²) in [6.07, 6.45) is 3.70. The molecule has 3 aliphatic heterocycles. The second-order valence-electron chi connectivity index (χ2n) is 6.06. The van der Waals surface area contributed by atoms with Gasteiger partial charge in [0, 0.05) is 37.2 Å². The van der Waals surface area contributed by atoms with E-state index in [4.69, 9.17) is 10.5 Å². The third kappa shape index (κ3) is 2.24. The van der Waals surface area contributed by atoms with Gasteiger partial charge in [0.2, 0.25) is 0 Å². The smallest absolute Gasteiger partial charge is 0.0624 e. The van der Waals surface area contributed by atoms with Crippen molar-refractivity contribution in [1.82, 2.24) is 4.90 Å². The van der Waals surface area contributed by atoms with Gasteiger partial charge in [0.1, 0.15) is 0 Å². The molecule has 0 aliphatic carbocycles. The predicted octanol–water partition coefficient (Wildman–Crippen LogP) is 2.30. The molecule has 1 aromatic carbocycles. The van der Waals surface area contributed by atoms with Crippen LogP contribution in [0.4, 0.5) is 5.69 Å². The van der Waals surface area contributed by atoms with Crippen molar-refractivity contribution < 1.29 is 4.74 Å². The fourth-order valence-electron chi connectivity index (χ4n) is 4.13. The zero-order chi connectivity index (χ0) is 12.1. The molecule has 0 saturated carbocycles. The summed E-state index contributed by atoms with van der Waals surface area (Å²) in [5, 5.41) is 0. The number of rotatable bonds is 2. The molecule has 0 amide bonds. The van der Waals surface area contributed by atoms with Crippen LogP contribution in [-0.4, -0.2) is 30.2 Å². The number of nitrogens with zero attached hydrogens (tertiary/aromatic N) is 1. The number of nitrogens with two attached hydrogens (primary N) is 1. The van der Waals surface area contributed by atoms with E-state index in [0.717, 1.165) is 24.1 Å². The lowest BCUT2D eigenvalue weighted by molar-refractivity contribution is 0.0697. The van der Waals surface area contributed by atoms with Crippen LogP contribution in [0, 0.1) is 11.8 Å². The van der Waals surface area contributed by atoms with E-state index in [1.54, 1.807) is 0 Å². The number of halogens is 1. The number of benzene rings is 1. The quantitative estimate of drug-likeness (QED) is 0.845. The largest absolute Gasteiger partial charge is 0.399 e. The highest BCUT2D eigenvalue weighted by atomic mass is 35.5. The number of nitrogen functional groups attached to an aromatic ring is 1. The van der Waals surface area contributed by atoms with Gasteiger partial charge in [-0.15, -0.1) is 12.4 Å². The van der Waals surface area contributed by atoms with Gasteiger partial charge in [-0.3, -0.25) is 4.90 Å². The van der Waals surface area contributed by atoms with Crippen LogP contribution in [0.25, 0.3) is 0 Å². The Balaban J connectivity index is 0.00000110. The van der Waals surface area contributed by atoms with Gasteiger partial charge in [0.05, 0.1) is 12.2 Å². The Morgan fingerprint density at radius 3 is 2.47 bits per heavy atom. The Labute approximate surface area is 120 Å². The minimum absolute atomic E-state index is 0. The first-order chi connectivity index (χ1) is 8.79. The molecule has 19 heavy (non-hydrogen) atoms. The first-order valence-corrected chi connectivity index (χ1v) is 7.02. The van der Waals surface area contributed by atoms with E-state index >= 15 is 0 Å². The number of hydrogen-bond acceptors (Lipinski definition) is 3. The highest BCUT2D eigenvalue weighted by Crippen LogP contribution is 2.47. The summed E-state index contributed by atoms with van der Waals surface area (Å²) in [4.78, 5) is 2.58. The summed E-state index contributed by atoms with van der Waals surface area (Å²) >= 11 is 0. The molecule has 2 N–H and O–H groups in total. The fraction of sp³-hybridized carbons (Fsp3) is 0.600. The Morgan fingerprint density at radius 1 is 1.16 bits per heavy atom. The van der Waals surface area contributed by atoms with Crippen LogP contribution in [0.3, 0.4) is 0 Å². The van der Waals surface area contributed by atoms with E-state index in [1.165, 1.54) is 31.5 Å². The molecule has 3 aliphatic rings. The standard InChI is InChI=1S/C15H20N2O.ClH/c16-11-3-1-2-10(6-11)7-17-8-12-13(9-17)15-5-4-14(12)18-15;/h1-3,6,12-15H,4-5,7-9,16H2;1H. The number of fused-ring (bicyclic) bond motifs is 5. The van der Waals surface area contributed by atoms with Crippen molar-refractivity contribution in [2.45, 2.75) is 31.6 Å². The second kappa shape index (κ2) is 4.97. The van der Waals surface area contributed by atoms with Crippen LogP contribution in [0.2, 0.25) is 0 Å². The average Bonchev–Trinajstić information content (AvgIpc) is 2.99. The van der Waals surface area contributed by atoms with Gasteiger partial charge in [-0.05, 0) is 30.5 Å². The number of anilines is 1. The van der Waals surface area contributed by atoms with E-state index in [1.807, 2.05) is 12.1 Å². The van der Waals surface area contributed by atoms with Crippen LogP contribution in [-0.2, 0) is 11.3 Å². The first kappa shape index (κ1) is 13.2. The molecule has 2 bridgehead atoms. The van der Waals surface area contributed by atoms with Crippen LogP contribution < -0.4 is 5.73 Å². The molecular weight excluding hydrogens is 260 g/mol. The van der Waals surface area contributed by atoms with Crippen LogP contribution in [0.15, 0.2) is 24.3 Å². The molecule has 0 spiro atoms. The third-order valence-electron chi connectivity index (χ3n) is 4.89. The summed E-state index contributed by atoms with van der Waals surface area (Å²) < 4.78 is 6.01. The molecule has 1 aromatic rings. The Kier molecular flexibility index (Phi) is 3.46. The zero-order valence-corrected chi connectivity index (χ0v) is 11.8. The van der Waals surface area contributed by atoms with Crippen molar-refractivity contribution in [3.8, 4) is 0 Å². The van der Waals surface area contributed by atoms with E-state index in [9.17, 15) is 0 Å². The van der Waals surface area contributed by atoms with Crippen molar-refractivity contribution in [3.63, 3.8) is 0 Å². The lowest BCUT2D eigenvalue weighted by Gasteiger charge is -2.18. The molecule has 3 fully saturated rings. The van der Waals surface area contributed by atoms with Crippen molar-refractivity contribution in [3.05, 3.63) is 29.8 Å². The van der Waals surface area contributed by atoms with Gasteiger partial charge >= 0.3 is 0 Å². The summed E-state index contributed by atoms with van der Waals surface area (Å²) in [5.41, 5.74) is 8.05. The SMILES string of the molecule is Cl.Nc1cccc(CN2CC3C4CCC(O4)C3C2)c1. The second-order valence-corrected chi connectivity index (χ2v) is 6.06. The molecule has 4 heteroatoms. The van der Waals surface area contributed by atoms with E-state index in [-0.39, 0.29) is 12.4 Å². The van der Waals surface area contributed by atoms with Gasteiger partial charge < -0.3 is 10.5 Å². The predicted molar refractivity (Wildman–Crippen MR) is 78.3 cm³/mol. The topological polar surface area (TPSA) is 38.5 Å². The molecule has 4 unspecified atom stereocenters. The van der Waals surface area contributed by atoms with E-state index in [0.29, 0.717) is 12.2 Å². The maximum absolute atomic E-state index is 6.01. The Bertz CT molecular complexity index is 449. The summed E-state index contributed by atoms with van der Waals surface area (Å²) in [6, 6.07) is 8.28. The minimum Gasteiger partial charge on any atom is -0.399 e. The molecule has 0 radical (unpaired) electrons. The lowest BCUT2D eigenvalue weighted by atomic mass is 9.82. The normalized spacial score (nSPS) is 36.2. The van der Waals surface area contributed by atoms with Gasteiger partial charge in [-0.25, -0.2) is 0 Å². The monoisotopic (exact) mass is 280 g/mol. The highest BCUT2D eigenvalue weighted by Gasteiger charge is 2.52. The van der Waals surface area contributed by atoms with Crippen LogP contribution >= 0.6 is 12.4 Å². The average molecular weight is 281 g/mol. The first-order valence-electron chi connectivity index (χ1n) is 7.02. The molecular formula is C15H21ClN2O. The minimum atomic E-state index is 0. The highest BCUT2D eigenvalue weighted by molar-refractivity contribution is 5.85. The van der Waals surface area contributed by atoms with E-state index < -0.39 is 0 Å². The summed E-state index contributed by atoms with van der Waals surface area (Å²) in [6.45, 7) is 3.46. The lowest BCUT2D eigenvalue weighted by Crippen LogP contribution is -2.24. The van der Waals surface area contributed by atoms with Crippen molar-refractivity contribution in [2.24, 2.45) is 11.8 Å². The van der Waals surface area contributed by atoms with Crippen molar-refractivity contribution in [1.29, 1.82) is 0 Å². The van der Waals surface area contributed by atoms with E-state index in [2.05, 4.69) is 17.0 Å². The molecule has 0 aromatic heterocycles. The Hall–Kier alpha value is -0.770. The number of ether oxygens (including phenoxy) is 1. The van der Waals surface area contributed by atoms with Gasteiger partial charge in [-0.2, -0.15) is 0 Å². The van der Waals surface area contributed by atoms with Crippen molar-refractivity contribution >= 4 is 18.1 Å². The fourth-order valence-corrected chi connectivity index (χ4v) is 4.13. The maximum atomic E-state index is 6.01. The number of hydrogen-bond donors (Lipinski definition) is 1. The molecule has 3 heterocycles. The number of likely N-dealkylation sites (tertiary alicyclic amines) is 1. The van der Waals surface area contributed by atoms with Gasteiger partial charge in [0.25, 0.3) is 0 Å². The molecule has 4 atom stereocenters. The van der Waals surface area contributed by atoms with Gasteiger partial charge in [0.15, 0.2) is 0 Å². The molecule has 3 nitrogen and oxygen atoms in total. The Morgan fingerprint density at radius 2 is 1.84 bits per heavy atom. The molecule has 4 rings (SSSR count). The van der Waals surface area contributed by atoms with Crippen LogP contribution in [0.1, 0.15) is 18.4 Å². The third-order valence-corrected chi connectivity index (χ3v) is 4.89. The molecule has 104 valence electrons. The summed E-state index contributed by atoms with van der Waals surface area (Å²) in [5.74, 6) is 1.59. The summed E-state index contributed by atoms with van der Waals surface area (Å²) in [7, 11) is 0. The van der Waals surface area contributed by atoms with Gasteiger partial charge in [-0.1, -0.05) is 12.1 Å². The maximum Gasteiger partial charge on any atom is 0.0624 e. The van der Waals surface area contributed by atoms with Crippen LogP contribution in [0.5, 0.6) is 0 Å². The van der Waals surface area contributed by atoms with Crippen molar-refractivity contribution in [2.75, 3.05) is 18.8 Å². The molecule has 3 saturated heterocycles. The zero-order valence-electron chi connectivity index (χ0n) is 11.0.